The predicted molar refractivity (Wildman–Crippen MR) is 126 cm³/mol. The van der Waals surface area contributed by atoms with Crippen LogP contribution in [0.3, 0.4) is 0 Å². The van der Waals surface area contributed by atoms with Gasteiger partial charge in [0.1, 0.15) is 6.61 Å². The molecule has 2 unspecified atom stereocenters. The van der Waals surface area contributed by atoms with Gasteiger partial charge in [0.15, 0.2) is 0 Å². The summed E-state index contributed by atoms with van der Waals surface area (Å²) in [5.41, 5.74) is 3.93. The number of nitrogens with one attached hydrogen (secondary N) is 1. The number of carboxylic acid groups (broad SMARTS) is 1. The number of alkyl carbamates (subject to hydrolysis) is 1. The van der Waals surface area contributed by atoms with Crippen LogP contribution in [0.1, 0.15) is 49.7 Å². The average Bonchev–Trinajstić information content (AvgIpc) is 3.10. The van der Waals surface area contributed by atoms with Crippen LogP contribution in [0.4, 0.5) is 4.79 Å². The summed E-state index contributed by atoms with van der Waals surface area (Å²) in [4.78, 5) is 38.8. The number of aliphatic carboxylic acids is 1. The van der Waals surface area contributed by atoms with Crippen LogP contribution in [-0.2, 0) is 14.3 Å². The first kappa shape index (κ1) is 22.4. The van der Waals surface area contributed by atoms with Crippen molar-refractivity contribution in [3.63, 3.8) is 0 Å². The van der Waals surface area contributed by atoms with Gasteiger partial charge in [-0.3, -0.25) is 9.59 Å². The maximum Gasteiger partial charge on any atom is 0.407 e. The third-order valence-corrected chi connectivity index (χ3v) is 7.78. The van der Waals surface area contributed by atoms with Crippen LogP contribution in [-0.4, -0.2) is 53.2 Å². The highest BCUT2D eigenvalue weighted by molar-refractivity contribution is 5.85. The first-order chi connectivity index (χ1) is 16.4. The molecule has 7 nitrogen and oxygen atoms in total. The Kier molecular flexibility index (Phi) is 5.80. The second-order valence-electron chi connectivity index (χ2n) is 9.94. The lowest BCUT2D eigenvalue weighted by Crippen LogP contribution is -2.62. The molecule has 178 valence electrons. The number of nitrogens with zero attached hydrogens (tertiary/aromatic N) is 1. The molecule has 2 atom stereocenters. The number of hydrogen-bond donors (Lipinski definition) is 2. The lowest BCUT2D eigenvalue weighted by molar-refractivity contribution is -0.156. The number of benzene rings is 2. The van der Waals surface area contributed by atoms with E-state index in [0.717, 1.165) is 24.0 Å². The van der Waals surface area contributed by atoms with Crippen molar-refractivity contribution in [2.24, 2.45) is 11.8 Å². The van der Waals surface area contributed by atoms with Crippen LogP contribution in [0, 0.1) is 11.8 Å². The number of carboxylic acids is 1. The fourth-order valence-electron chi connectivity index (χ4n) is 5.78. The molecule has 2 aromatic carbocycles. The van der Waals surface area contributed by atoms with E-state index in [1.54, 1.807) is 4.90 Å². The Labute approximate surface area is 199 Å². The summed E-state index contributed by atoms with van der Waals surface area (Å²) < 4.78 is 5.73. The number of amides is 2. The minimum Gasteiger partial charge on any atom is -0.481 e. The van der Waals surface area contributed by atoms with Crippen molar-refractivity contribution in [3.05, 3.63) is 59.7 Å². The number of rotatable bonds is 5. The molecule has 2 amide bonds. The molecule has 2 aliphatic carbocycles. The van der Waals surface area contributed by atoms with E-state index in [-0.39, 0.29) is 37.4 Å². The highest BCUT2D eigenvalue weighted by Crippen LogP contribution is 2.44. The molecule has 2 N–H and O–H groups in total. The van der Waals surface area contributed by atoms with Crippen LogP contribution in [0.15, 0.2) is 48.5 Å². The van der Waals surface area contributed by atoms with Gasteiger partial charge in [0.25, 0.3) is 0 Å². The molecule has 2 fully saturated rings. The van der Waals surface area contributed by atoms with E-state index in [1.165, 1.54) is 11.1 Å². The standard InChI is InChI=1S/C27H30N2O5/c1-27(13-7-6-12-23(27)24(30)29-14-17(15-29)25(31)32)28-26(33)34-16-22-20-10-4-2-8-18(20)19-9-3-5-11-21(19)22/h2-5,8-11,17,22-23H,6-7,12-16H2,1H3,(H,28,33)(H,31,32). The molecule has 3 aliphatic rings. The van der Waals surface area contributed by atoms with Gasteiger partial charge in [-0.15, -0.1) is 0 Å². The van der Waals surface area contributed by atoms with Gasteiger partial charge in [0, 0.05) is 19.0 Å². The summed E-state index contributed by atoms with van der Waals surface area (Å²) in [5, 5.41) is 12.1. The highest BCUT2D eigenvalue weighted by atomic mass is 16.5. The number of carbonyl (C=O) groups is 3. The van der Waals surface area contributed by atoms with E-state index >= 15 is 0 Å². The molecule has 0 aromatic heterocycles. The topological polar surface area (TPSA) is 95.9 Å². The van der Waals surface area contributed by atoms with E-state index in [2.05, 4.69) is 29.6 Å². The zero-order valence-electron chi connectivity index (χ0n) is 19.3. The molecule has 5 rings (SSSR count). The van der Waals surface area contributed by atoms with Gasteiger partial charge < -0.3 is 20.1 Å². The number of hydrogen-bond acceptors (Lipinski definition) is 4. The minimum absolute atomic E-state index is 0.0243. The molecule has 0 radical (unpaired) electrons. The predicted octanol–water partition coefficient (Wildman–Crippen LogP) is 4.02. The van der Waals surface area contributed by atoms with Gasteiger partial charge in [-0.1, -0.05) is 61.4 Å². The smallest absolute Gasteiger partial charge is 0.407 e. The van der Waals surface area contributed by atoms with Gasteiger partial charge in [-0.2, -0.15) is 0 Å². The molecule has 2 aromatic rings. The summed E-state index contributed by atoms with van der Waals surface area (Å²) >= 11 is 0. The normalized spacial score (nSPS) is 24.0. The maximum atomic E-state index is 13.1. The molecular formula is C27H30N2O5. The molecule has 1 heterocycles. The second kappa shape index (κ2) is 8.78. The van der Waals surface area contributed by atoms with E-state index in [1.807, 2.05) is 31.2 Å². The largest absolute Gasteiger partial charge is 0.481 e. The molecule has 1 saturated carbocycles. The summed E-state index contributed by atoms with van der Waals surface area (Å²) in [6.45, 7) is 2.61. The molecule has 7 heteroatoms. The zero-order valence-corrected chi connectivity index (χ0v) is 19.3. The highest BCUT2D eigenvalue weighted by Gasteiger charge is 2.47. The number of fused-ring (bicyclic) bond motifs is 3. The van der Waals surface area contributed by atoms with Crippen molar-refractivity contribution in [2.75, 3.05) is 19.7 Å². The maximum absolute atomic E-state index is 13.1. The first-order valence-corrected chi connectivity index (χ1v) is 12.0. The minimum atomic E-state index is -0.868. The molecule has 0 spiro atoms. The van der Waals surface area contributed by atoms with Crippen LogP contribution in [0.5, 0.6) is 0 Å². The second-order valence-corrected chi connectivity index (χ2v) is 9.94. The van der Waals surface area contributed by atoms with Crippen molar-refractivity contribution < 1.29 is 24.2 Å². The third kappa shape index (κ3) is 3.93. The number of ether oxygens (including phenoxy) is 1. The van der Waals surface area contributed by atoms with E-state index < -0.39 is 23.5 Å². The summed E-state index contributed by atoms with van der Waals surface area (Å²) in [6.07, 6.45) is 2.67. The third-order valence-electron chi connectivity index (χ3n) is 7.78. The monoisotopic (exact) mass is 462 g/mol. The van der Waals surface area contributed by atoms with E-state index in [0.29, 0.717) is 12.8 Å². The lowest BCUT2D eigenvalue weighted by Gasteiger charge is -2.46. The Morgan fingerprint density at radius 1 is 1.03 bits per heavy atom. The Morgan fingerprint density at radius 2 is 1.65 bits per heavy atom. The first-order valence-electron chi connectivity index (χ1n) is 12.0. The van der Waals surface area contributed by atoms with Gasteiger partial charge in [0.2, 0.25) is 5.91 Å². The van der Waals surface area contributed by atoms with Crippen molar-refractivity contribution >= 4 is 18.0 Å². The quantitative estimate of drug-likeness (QED) is 0.700. The molecule has 0 bridgehead atoms. The Bertz CT molecular complexity index is 1080. The van der Waals surface area contributed by atoms with Crippen molar-refractivity contribution in [3.8, 4) is 11.1 Å². The number of carbonyl (C=O) groups excluding carboxylic acids is 2. The number of likely N-dealkylation sites (tertiary alicyclic amines) is 1. The van der Waals surface area contributed by atoms with Crippen LogP contribution in [0.2, 0.25) is 0 Å². The SMILES string of the molecule is CC1(NC(=O)OCC2c3ccccc3-c3ccccc32)CCCCC1C(=O)N1CC(C(=O)O)C1. The van der Waals surface area contributed by atoms with Crippen LogP contribution in [0.25, 0.3) is 11.1 Å². The average molecular weight is 463 g/mol. The van der Waals surface area contributed by atoms with Gasteiger partial charge in [-0.25, -0.2) is 4.79 Å². The molecule has 1 saturated heterocycles. The van der Waals surface area contributed by atoms with E-state index in [9.17, 15) is 14.4 Å². The Balaban J connectivity index is 1.25. The van der Waals surface area contributed by atoms with Crippen LogP contribution < -0.4 is 5.32 Å². The summed E-state index contributed by atoms with van der Waals surface area (Å²) in [6, 6.07) is 16.4. The van der Waals surface area contributed by atoms with Gasteiger partial charge >= 0.3 is 12.1 Å². The van der Waals surface area contributed by atoms with Crippen LogP contribution >= 0.6 is 0 Å². The fraction of sp³-hybridized carbons (Fsp3) is 0.444. The summed E-state index contributed by atoms with van der Waals surface area (Å²) in [7, 11) is 0. The Morgan fingerprint density at radius 3 is 2.26 bits per heavy atom. The lowest BCUT2D eigenvalue weighted by atomic mass is 9.72. The molecule has 1 aliphatic heterocycles. The van der Waals surface area contributed by atoms with Gasteiger partial charge in [0.05, 0.1) is 17.4 Å². The summed E-state index contributed by atoms with van der Waals surface area (Å²) in [5.74, 6) is -1.83. The van der Waals surface area contributed by atoms with Crippen molar-refractivity contribution in [1.29, 1.82) is 0 Å². The van der Waals surface area contributed by atoms with Crippen molar-refractivity contribution in [2.45, 2.75) is 44.1 Å². The van der Waals surface area contributed by atoms with E-state index in [4.69, 9.17) is 9.84 Å². The van der Waals surface area contributed by atoms with Crippen molar-refractivity contribution in [1.82, 2.24) is 10.2 Å². The zero-order chi connectivity index (χ0) is 23.9. The molecular weight excluding hydrogens is 432 g/mol. The molecule has 34 heavy (non-hydrogen) atoms. The Hall–Kier alpha value is -3.35. The fourth-order valence-corrected chi connectivity index (χ4v) is 5.78. The van der Waals surface area contributed by atoms with Gasteiger partial charge in [-0.05, 0) is 42.0 Å².